The highest BCUT2D eigenvalue weighted by molar-refractivity contribution is 6.05. The summed E-state index contributed by atoms with van der Waals surface area (Å²) in [5, 5.41) is 5.05. The van der Waals surface area contributed by atoms with E-state index in [0.29, 0.717) is 16.3 Å². The molecule has 2 heterocycles. The topological polar surface area (TPSA) is 106 Å². The van der Waals surface area contributed by atoms with Gasteiger partial charge in [0.05, 0.1) is 17.5 Å². The Bertz CT molecular complexity index is 1270. The second-order valence-electron chi connectivity index (χ2n) is 6.49. The molecule has 8 heteroatoms. The predicted octanol–water partition coefficient (Wildman–Crippen LogP) is 1.91. The van der Waals surface area contributed by atoms with Crippen molar-refractivity contribution in [2.75, 3.05) is 0 Å². The van der Waals surface area contributed by atoms with Crippen LogP contribution in [0.5, 0.6) is 0 Å². The lowest BCUT2D eigenvalue weighted by molar-refractivity contribution is 0.0843. The maximum absolute atomic E-state index is 12.9. The number of nitrogens with one attached hydrogen (secondary N) is 2. The van der Waals surface area contributed by atoms with E-state index < -0.39 is 11.8 Å². The molecular formula is C22H17N5O3. The number of fused-ring (bicyclic) bond motifs is 1. The maximum atomic E-state index is 12.9. The van der Waals surface area contributed by atoms with Crippen LogP contribution in [-0.4, -0.2) is 26.6 Å². The fourth-order valence-corrected chi connectivity index (χ4v) is 3.01. The summed E-state index contributed by atoms with van der Waals surface area (Å²) in [6.07, 6.45) is 2.93. The molecule has 4 rings (SSSR count). The van der Waals surface area contributed by atoms with Gasteiger partial charge in [-0.2, -0.15) is 5.10 Å². The van der Waals surface area contributed by atoms with Gasteiger partial charge >= 0.3 is 0 Å². The largest absolute Gasteiger partial charge is 0.290 e. The number of rotatable bonds is 4. The lowest BCUT2D eigenvalue weighted by Crippen LogP contribution is -2.42. The number of benzene rings is 2. The summed E-state index contributed by atoms with van der Waals surface area (Å²) >= 11 is 0. The van der Waals surface area contributed by atoms with E-state index in [1.807, 2.05) is 30.3 Å². The Morgan fingerprint density at radius 1 is 0.833 bits per heavy atom. The molecule has 0 saturated heterocycles. The van der Waals surface area contributed by atoms with E-state index >= 15 is 0 Å². The summed E-state index contributed by atoms with van der Waals surface area (Å²) in [6, 6.07) is 19.3. The summed E-state index contributed by atoms with van der Waals surface area (Å²) in [7, 11) is 0. The van der Waals surface area contributed by atoms with E-state index in [9.17, 15) is 14.4 Å². The normalized spacial score (nSPS) is 10.5. The monoisotopic (exact) mass is 399 g/mol. The number of hydrogen-bond donors (Lipinski definition) is 2. The van der Waals surface area contributed by atoms with Crippen LogP contribution in [0.4, 0.5) is 0 Å². The molecule has 0 unspecified atom stereocenters. The van der Waals surface area contributed by atoms with Crippen LogP contribution in [0.3, 0.4) is 0 Å². The zero-order chi connectivity index (χ0) is 20.9. The van der Waals surface area contributed by atoms with Gasteiger partial charge in [-0.3, -0.25) is 30.2 Å². The number of carbonyl (C=O) groups is 2. The summed E-state index contributed by atoms with van der Waals surface area (Å²) < 4.78 is 1.25. The third kappa shape index (κ3) is 3.93. The van der Waals surface area contributed by atoms with Crippen molar-refractivity contribution in [2.24, 2.45) is 0 Å². The zero-order valence-corrected chi connectivity index (χ0v) is 15.8. The minimum absolute atomic E-state index is 0.0348. The molecule has 0 radical (unpaired) electrons. The standard InChI is InChI=1S/C22H17N5O3/c28-20(16-9-6-12-23-13-16)24-25-21(29)19-17-10-4-5-11-18(17)22(30)27(26-19)14-15-7-2-1-3-8-15/h1-13H,14H2,(H,24,28)(H,25,29). The molecule has 0 aliphatic heterocycles. The second kappa shape index (κ2) is 8.36. The van der Waals surface area contributed by atoms with Gasteiger partial charge < -0.3 is 0 Å². The maximum Gasteiger partial charge on any atom is 0.290 e. The van der Waals surface area contributed by atoms with Gasteiger partial charge in [0.25, 0.3) is 17.4 Å². The highest BCUT2D eigenvalue weighted by Gasteiger charge is 2.17. The van der Waals surface area contributed by atoms with Gasteiger partial charge in [0, 0.05) is 17.8 Å². The van der Waals surface area contributed by atoms with E-state index in [4.69, 9.17) is 0 Å². The fraction of sp³-hybridized carbons (Fsp3) is 0.0455. The van der Waals surface area contributed by atoms with Crippen LogP contribution in [0.1, 0.15) is 26.4 Å². The van der Waals surface area contributed by atoms with Gasteiger partial charge in [-0.25, -0.2) is 4.68 Å². The smallest absolute Gasteiger partial charge is 0.267 e. The van der Waals surface area contributed by atoms with E-state index in [2.05, 4.69) is 20.9 Å². The highest BCUT2D eigenvalue weighted by atomic mass is 16.2. The molecule has 0 spiro atoms. The summed E-state index contributed by atoms with van der Waals surface area (Å²) in [6.45, 7) is 0.215. The number of hydrogen-bond acceptors (Lipinski definition) is 5. The Kier molecular flexibility index (Phi) is 5.29. The molecule has 30 heavy (non-hydrogen) atoms. The lowest BCUT2D eigenvalue weighted by Gasteiger charge is -2.12. The molecule has 4 aromatic rings. The molecule has 0 aliphatic rings. The Hall–Kier alpha value is -4.33. The quantitative estimate of drug-likeness (QED) is 0.510. The first-order chi connectivity index (χ1) is 14.6. The van der Waals surface area contributed by atoms with Crippen molar-refractivity contribution < 1.29 is 9.59 Å². The highest BCUT2D eigenvalue weighted by Crippen LogP contribution is 2.13. The second-order valence-corrected chi connectivity index (χ2v) is 6.49. The van der Waals surface area contributed by atoms with Crippen LogP contribution in [0.25, 0.3) is 10.8 Å². The van der Waals surface area contributed by atoms with Crippen LogP contribution in [0, 0.1) is 0 Å². The fourth-order valence-electron chi connectivity index (χ4n) is 3.01. The van der Waals surface area contributed by atoms with Gasteiger partial charge in [-0.1, -0.05) is 48.5 Å². The number of amides is 2. The molecule has 2 aromatic carbocycles. The molecule has 0 bridgehead atoms. The van der Waals surface area contributed by atoms with Gasteiger partial charge in [0.15, 0.2) is 5.69 Å². The van der Waals surface area contributed by atoms with Crippen molar-refractivity contribution >= 4 is 22.6 Å². The number of pyridine rings is 1. The van der Waals surface area contributed by atoms with Crippen molar-refractivity contribution in [2.45, 2.75) is 6.54 Å². The predicted molar refractivity (Wildman–Crippen MR) is 111 cm³/mol. The van der Waals surface area contributed by atoms with Gasteiger partial charge in [-0.05, 0) is 23.8 Å². The number of nitrogens with zero attached hydrogens (tertiary/aromatic N) is 3. The van der Waals surface area contributed by atoms with Crippen molar-refractivity contribution in [1.29, 1.82) is 0 Å². The first-order valence-corrected chi connectivity index (χ1v) is 9.18. The van der Waals surface area contributed by atoms with Crippen molar-refractivity contribution in [3.63, 3.8) is 0 Å². The minimum Gasteiger partial charge on any atom is -0.267 e. The van der Waals surface area contributed by atoms with Gasteiger partial charge in [0.2, 0.25) is 0 Å². The Labute approximate surface area is 171 Å². The van der Waals surface area contributed by atoms with Gasteiger partial charge in [-0.15, -0.1) is 0 Å². The molecule has 2 aromatic heterocycles. The molecule has 148 valence electrons. The van der Waals surface area contributed by atoms with E-state index in [0.717, 1.165) is 5.56 Å². The van der Waals surface area contributed by atoms with Crippen molar-refractivity contribution in [3.8, 4) is 0 Å². The van der Waals surface area contributed by atoms with E-state index in [1.165, 1.54) is 10.9 Å². The van der Waals surface area contributed by atoms with Crippen LogP contribution < -0.4 is 16.4 Å². The third-order valence-electron chi connectivity index (χ3n) is 4.47. The first kappa shape index (κ1) is 19.0. The van der Waals surface area contributed by atoms with E-state index in [-0.39, 0.29) is 17.8 Å². The summed E-state index contributed by atoms with van der Waals surface area (Å²) in [4.78, 5) is 41.7. The Balaban J connectivity index is 1.65. The number of aromatic nitrogens is 3. The summed E-state index contributed by atoms with van der Waals surface area (Å²) in [5.74, 6) is -1.15. The lowest BCUT2D eigenvalue weighted by atomic mass is 10.1. The molecule has 2 amide bonds. The molecule has 2 N–H and O–H groups in total. The average Bonchev–Trinajstić information content (AvgIpc) is 2.80. The Morgan fingerprint density at radius 3 is 2.27 bits per heavy atom. The molecule has 0 saturated carbocycles. The van der Waals surface area contributed by atoms with Crippen molar-refractivity contribution in [3.05, 3.63) is 106 Å². The number of carbonyl (C=O) groups excluding carboxylic acids is 2. The van der Waals surface area contributed by atoms with Gasteiger partial charge in [0.1, 0.15) is 0 Å². The molecule has 0 aliphatic carbocycles. The minimum atomic E-state index is -0.634. The Morgan fingerprint density at radius 2 is 1.53 bits per heavy atom. The van der Waals surface area contributed by atoms with E-state index in [1.54, 1.807) is 42.6 Å². The average molecular weight is 399 g/mol. The first-order valence-electron chi connectivity index (χ1n) is 9.18. The molecule has 0 fully saturated rings. The summed E-state index contributed by atoms with van der Waals surface area (Å²) in [5.41, 5.74) is 5.60. The molecular weight excluding hydrogens is 382 g/mol. The van der Waals surface area contributed by atoms with Crippen LogP contribution >= 0.6 is 0 Å². The van der Waals surface area contributed by atoms with Crippen LogP contribution in [0.15, 0.2) is 83.9 Å². The van der Waals surface area contributed by atoms with Crippen molar-refractivity contribution in [1.82, 2.24) is 25.6 Å². The molecule has 0 atom stereocenters. The zero-order valence-electron chi connectivity index (χ0n) is 15.8. The third-order valence-corrected chi connectivity index (χ3v) is 4.47. The molecule has 8 nitrogen and oxygen atoms in total. The SMILES string of the molecule is O=C(NNC(=O)c1nn(Cc2ccccc2)c(=O)c2ccccc12)c1cccnc1. The number of hydrazine groups is 1. The van der Waals surface area contributed by atoms with Crippen LogP contribution in [0.2, 0.25) is 0 Å². The van der Waals surface area contributed by atoms with Crippen LogP contribution in [-0.2, 0) is 6.54 Å².